The molecule has 3 rings (SSSR count). The van der Waals surface area contributed by atoms with E-state index in [4.69, 9.17) is 9.47 Å². The van der Waals surface area contributed by atoms with Crippen molar-refractivity contribution in [3.8, 4) is 5.75 Å². The highest BCUT2D eigenvalue weighted by Crippen LogP contribution is 2.31. The molecule has 2 atom stereocenters. The van der Waals surface area contributed by atoms with E-state index < -0.39 is 0 Å². The van der Waals surface area contributed by atoms with Crippen molar-refractivity contribution in [2.24, 2.45) is 4.99 Å². The fraction of sp³-hybridized carbons (Fsp3) is 0.500. The van der Waals surface area contributed by atoms with Crippen molar-refractivity contribution in [2.75, 3.05) is 19.7 Å². The van der Waals surface area contributed by atoms with Crippen molar-refractivity contribution in [3.63, 3.8) is 0 Å². The third-order valence-electron chi connectivity index (χ3n) is 4.24. The van der Waals surface area contributed by atoms with Crippen LogP contribution in [0.4, 0.5) is 0 Å². The molecule has 0 spiro atoms. The monoisotopic (exact) mass is 374 g/mol. The number of thioether (sulfide) groups is 1. The van der Waals surface area contributed by atoms with Crippen LogP contribution < -0.4 is 4.74 Å². The second-order valence-electron chi connectivity index (χ2n) is 6.74. The van der Waals surface area contributed by atoms with Gasteiger partial charge in [-0.25, -0.2) is 0 Å². The first-order valence-corrected chi connectivity index (χ1v) is 10.0. The van der Waals surface area contributed by atoms with Gasteiger partial charge in [-0.2, -0.15) is 4.99 Å². The molecule has 0 aromatic heterocycles. The van der Waals surface area contributed by atoms with Crippen LogP contribution in [-0.4, -0.2) is 47.9 Å². The van der Waals surface area contributed by atoms with Crippen molar-refractivity contribution in [2.45, 2.75) is 45.8 Å². The number of amides is 1. The molecule has 2 aliphatic rings. The molecule has 1 fully saturated rings. The zero-order chi connectivity index (χ0) is 18.5. The number of ether oxygens (including phenoxy) is 2. The maximum Gasteiger partial charge on any atom is 0.286 e. The topological polar surface area (TPSA) is 51.1 Å². The Morgan fingerprint density at radius 2 is 1.96 bits per heavy atom. The molecular formula is C20H26N2O3S. The molecule has 0 saturated carbocycles. The lowest BCUT2D eigenvalue weighted by Crippen LogP contribution is -2.47. The average molecular weight is 375 g/mol. The molecule has 0 aliphatic carbocycles. The Balaban J connectivity index is 1.63. The molecule has 1 saturated heterocycles. The van der Waals surface area contributed by atoms with E-state index in [0.29, 0.717) is 4.91 Å². The van der Waals surface area contributed by atoms with E-state index in [1.807, 2.05) is 44.2 Å². The van der Waals surface area contributed by atoms with Crippen molar-refractivity contribution in [1.82, 2.24) is 4.90 Å². The molecule has 0 bridgehead atoms. The minimum atomic E-state index is -0.167. The molecule has 1 amide bonds. The van der Waals surface area contributed by atoms with Crippen LogP contribution in [0.5, 0.6) is 5.75 Å². The van der Waals surface area contributed by atoms with Crippen molar-refractivity contribution in [3.05, 3.63) is 34.7 Å². The fourth-order valence-electron chi connectivity index (χ4n) is 3.01. The molecule has 140 valence electrons. The van der Waals surface area contributed by atoms with Crippen LogP contribution in [-0.2, 0) is 9.53 Å². The lowest BCUT2D eigenvalue weighted by Gasteiger charge is -2.35. The molecule has 0 unspecified atom stereocenters. The molecular weight excluding hydrogens is 348 g/mol. The second kappa shape index (κ2) is 8.73. The molecule has 1 aromatic rings. The fourth-order valence-corrected chi connectivity index (χ4v) is 3.94. The van der Waals surface area contributed by atoms with Crippen LogP contribution in [0.25, 0.3) is 6.08 Å². The summed E-state index contributed by atoms with van der Waals surface area (Å²) in [4.78, 5) is 19.3. The summed E-state index contributed by atoms with van der Waals surface area (Å²) in [5.74, 6) is 0.694. The first-order chi connectivity index (χ1) is 12.5. The highest BCUT2D eigenvalue weighted by atomic mass is 32.2. The predicted molar refractivity (Wildman–Crippen MR) is 106 cm³/mol. The van der Waals surface area contributed by atoms with E-state index in [-0.39, 0.29) is 18.1 Å². The normalized spacial score (nSPS) is 24.9. The van der Waals surface area contributed by atoms with Gasteiger partial charge in [0.1, 0.15) is 5.75 Å². The zero-order valence-electron chi connectivity index (χ0n) is 15.6. The Kier molecular flexibility index (Phi) is 6.38. The van der Waals surface area contributed by atoms with E-state index in [1.165, 1.54) is 11.8 Å². The summed E-state index contributed by atoms with van der Waals surface area (Å²) in [5, 5.41) is 0.780. The van der Waals surface area contributed by atoms with E-state index in [2.05, 4.69) is 16.8 Å². The van der Waals surface area contributed by atoms with Crippen molar-refractivity contribution >= 4 is 28.9 Å². The number of morpholine rings is 1. The Morgan fingerprint density at radius 3 is 2.62 bits per heavy atom. The molecule has 6 heteroatoms. The first-order valence-electron chi connectivity index (χ1n) is 9.21. The summed E-state index contributed by atoms with van der Waals surface area (Å²) in [6.45, 7) is 8.50. The van der Waals surface area contributed by atoms with Gasteiger partial charge in [-0.3, -0.25) is 4.79 Å². The van der Waals surface area contributed by atoms with Crippen LogP contribution in [0.2, 0.25) is 0 Å². The highest BCUT2D eigenvalue weighted by molar-refractivity contribution is 8.18. The van der Waals surface area contributed by atoms with Gasteiger partial charge in [-0.05, 0) is 55.8 Å². The van der Waals surface area contributed by atoms with Gasteiger partial charge in [0.15, 0.2) is 5.17 Å². The van der Waals surface area contributed by atoms with Gasteiger partial charge in [0.2, 0.25) is 0 Å². The summed E-state index contributed by atoms with van der Waals surface area (Å²) < 4.78 is 11.4. The molecule has 1 aromatic carbocycles. The molecule has 26 heavy (non-hydrogen) atoms. The highest BCUT2D eigenvalue weighted by Gasteiger charge is 2.30. The van der Waals surface area contributed by atoms with Gasteiger partial charge in [0.05, 0.1) is 23.7 Å². The predicted octanol–water partition coefficient (Wildman–Crippen LogP) is 3.95. The van der Waals surface area contributed by atoms with Crippen molar-refractivity contribution in [1.29, 1.82) is 0 Å². The zero-order valence-corrected chi connectivity index (χ0v) is 16.4. The standard InChI is InChI=1S/C20H26N2O3S/c1-4-5-10-24-17-8-6-16(7-9-17)11-18-19(23)21-20(26-18)22-12-14(2)25-15(3)13-22/h6-9,11,14-15H,4-5,10,12-13H2,1-3H3/b18-11+/t14-,15+. The summed E-state index contributed by atoms with van der Waals surface area (Å²) in [6.07, 6.45) is 4.35. The van der Waals surface area contributed by atoms with E-state index >= 15 is 0 Å². The quantitative estimate of drug-likeness (QED) is 0.577. The molecule has 0 radical (unpaired) electrons. The maximum atomic E-state index is 12.3. The third-order valence-corrected chi connectivity index (χ3v) is 5.29. The van der Waals surface area contributed by atoms with Gasteiger partial charge >= 0.3 is 0 Å². The lowest BCUT2D eigenvalue weighted by molar-refractivity contribution is -0.113. The van der Waals surface area contributed by atoms with Gasteiger partial charge in [-0.1, -0.05) is 25.5 Å². The number of hydrogen-bond acceptors (Lipinski definition) is 5. The van der Waals surface area contributed by atoms with Crippen LogP contribution in [0.1, 0.15) is 39.2 Å². The van der Waals surface area contributed by atoms with Crippen molar-refractivity contribution < 1.29 is 14.3 Å². The number of unbranched alkanes of at least 4 members (excludes halogenated alkanes) is 1. The SMILES string of the molecule is CCCCOc1ccc(/C=C2/SC(N3C[C@@H](C)O[C@@H](C)C3)=NC2=O)cc1. The molecule has 2 heterocycles. The number of amidine groups is 1. The largest absolute Gasteiger partial charge is 0.494 e. The molecule has 5 nitrogen and oxygen atoms in total. The lowest BCUT2D eigenvalue weighted by atomic mass is 10.2. The van der Waals surface area contributed by atoms with E-state index in [1.54, 1.807) is 0 Å². The van der Waals surface area contributed by atoms with Gasteiger partial charge in [0, 0.05) is 13.1 Å². The summed E-state index contributed by atoms with van der Waals surface area (Å²) >= 11 is 1.45. The number of aliphatic imine (C=N–C) groups is 1. The number of nitrogens with zero attached hydrogens (tertiary/aromatic N) is 2. The summed E-state index contributed by atoms with van der Waals surface area (Å²) in [5.41, 5.74) is 0.976. The smallest absolute Gasteiger partial charge is 0.286 e. The number of benzene rings is 1. The second-order valence-corrected chi connectivity index (χ2v) is 7.75. The van der Waals surface area contributed by atoms with Crippen LogP contribution in [0.3, 0.4) is 0 Å². The van der Waals surface area contributed by atoms with Gasteiger partial charge in [0.25, 0.3) is 5.91 Å². The molecule has 0 N–H and O–H groups in total. The van der Waals surface area contributed by atoms with Crippen LogP contribution >= 0.6 is 11.8 Å². The van der Waals surface area contributed by atoms with E-state index in [9.17, 15) is 4.79 Å². The van der Waals surface area contributed by atoms with Gasteiger partial charge < -0.3 is 14.4 Å². The summed E-state index contributed by atoms with van der Waals surface area (Å²) in [7, 11) is 0. The third kappa shape index (κ3) is 4.89. The Labute approximate surface area is 159 Å². The Morgan fingerprint density at radius 1 is 1.27 bits per heavy atom. The van der Waals surface area contributed by atoms with Gasteiger partial charge in [-0.15, -0.1) is 0 Å². The summed E-state index contributed by atoms with van der Waals surface area (Å²) in [6, 6.07) is 7.83. The number of carbonyl (C=O) groups excluding carboxylic acids is 1. The minimum absolute atomic E-state index is 0.144. The van der Waals surface area contributed by atoms with Crippen LogP contribution in [0, 0.1) is 0 Å². The Hall–Kier alpha value is -1.79. The average Bonchev–Trinajstić information content (AvgIpc) is 2.97. The minimum Gasteiger partial charge on any atom is -0.494 e. The molecule has 2 aliphatic heterocycles. The number of carbonyl (C=O) groups is 1. The first kappa shape index (κ1) is 19.0. The maximum absolute atomic E-state index is 12.3. The number of rotatable bonds is 5. The van der Waals surface area contributed by atoms with E-state index in [0.717, 1.165) is 49.0 Å². The van der Waals surface area contributed by atoms with Crippen LogP contribution in [0.15, 0.2) is 34.2 Å². The number of hydrogen-bond donors (Lipinski definition) is 0. The Bertz CT molecular complexity index is 690.